The molecule has 0 bridgehead atoms. The molecule has 0 spiro atoms. The SMILES string of the molecule is Cc1ccc(CN=C(NCC2(CS(C)(=O)=O)CC2)Nc2ccccc2)cc1. The second kappa shape index (κ2) is 8.13. The van der Waals surface area contributed by atoms with E-state index in [2.05, 4.69) is 41.8 Å². The number of para-hydroxylation sites is 1. The normalized spacial score (nSPS) is 16.0. The van der Waals surface area contributed by atoms with Gasteiger partial charge < -0.3 is 10.6 Å². The molecule has 0 saturated heterocycles. The number of aryl methyl sites for hydroxylation is 1. The zero-order valence-electron chi connectivity index (χ0n) is 15.9. The van der Waals surface area contributed by atoms with Gasteiger partial charge in [0.05, 0.1) is 12.3 Å². The largest absolute Gasteiger partial charge is 0.356 e. The highest BCUT2D eigenvalue weighted by molar-refractivity contribution is 7.90. The molecule has 0 unspecified atom stereocenters. The maximum Gasteiger partial charge on any atom is 0.196 e. The van der Waals surface area contributed by atoms with Crippen LogP contribution in [0, 0.1) is 12.3 Å². The van der Waals surface area contributed by atoms with Gasteiger partial charge in [-0.1, -0.05) is 48.0 Å². The van der Waals surface area contributed by atoms with E-state index in [1.165, 1.54) is 11.8 Å². The number of hydrogen-bond donors (Lipinski definition) is 2. The minimum Gasteiger partial charge on any atom is -0.356 e. The summed E-state index contributed by atoms with van der Waals surface area (Å²) in [5.41, 5.74) is 3.14. The van der Waals surface area contributed by atoms with Gasteiger partial charge in [0.1, 0.15) is 9.84 Å². The number of nitrogens with one attached hydrogen (secondary N) is 2. The van der Waals surface area contributed by atoms with Crippen molar-refractivity contribution in [1.82, 2.24) is 5.32 Å². The lowest BCUT2D eigenvalue weighted by Crippen LogP contribution is -2.37. The van der Waals surface area contributed by atoms with Crippen LogP contribution >= 0.6 is 0 Å². The van der Waals surface area contributed by atoms with Gasteiger partial charge in [-0.3, -0.25) is 0 Å². The number of rotatable bonds is 7. The molecule has 2 aromatic carbocycles. The minimum absolute atomic E-state index is 0.156. The van der Waals surface area contributed by atoms with Crippen molar-refractivity contribution in [3.63, 3.8) is 0 Å². The van der Waals surface area contributed by atoms with Crippen LogP contribution in [0.2, 0.25) is 0 Å². The zero-order chi connectivity index (χ0) is 19.3. The first-order chi connectivity index (χ1) is 12.8. The standard InChI is InChI=1S/C21H27N3O2S/c1-17-8-10-18(11-9-17)14-22-20(24-19-6-4-3-5-7-19)23-15-21(12-13-21)16-27(2,25)26/h3-11H,12-16H2,1-2H3,(H2,22,23,24). The van der Waals surface area contributed by atoms with Crippen LogP contribution in [-0.2, 0) is 16.4 Å². The monoisotopic (exact) mass is 385 g/mol. The van der Waals surface area contributed by atoms with Crippen molar-refractivity contribution in [2.24, 2.45) is 10.4 Å². The number of guanidine groups is 1. The van der Waals surface area contributed by atoms with Crippen molar-refractivity contribution >= 4 is 21.5 Å². The molecule has 1 aliphatic rings. The summed E-state index contributed by atoms with van der Waals surface area (Å²) >= 11 is 0. The average Bonchev–Trinajstić information content (AvgIpc) is 3.37. The zero-order valence-corrected chi connectivity index (χ0v) is 16.7. The van der Waals surface area contributed by atoms with Gasteiger partial charge in [0, 0.05) is 23.9 Å². The molecule has 1 fully saturated rings. The maximum atomic E-state index is 11.7. The highest BCUT2D eigenvalue weighted by Crippen LogP contribution is 2.46. The molecule has 2 aromatic rings. The fourth-order valence-corrected chi connectivity index (χ4v) is 4.54. The summed E-state index contributed by atoms with van der Waals surface area (Å²) in [7, 11) is -2.99. The van der Waals surface area contributed by atoms with Gasteiger partial charge in [-0.15, -0.1) is 0 Å². The summed E-state index contributed by atoms with van der Waals surface area (Å²) in [6, 6.07) is 18.2. The van der Waals surface area contributed by atoms with Crippen LogP contribution in [0.3, 0.4) is 0 Å². The smallest absolute Gasteiger partial charge is 0.196 e. The topological polar surface area (TPSA) is 70.6 Å². The summed E-state index contributed by atoms with van der Waals surface area (Å²) in [6.45, 7) is 3.22. The number of nitrogens with zero attached hydrogens (tertiary/aromatic N) is 1. The molecule has 1 saturated carbocycles. The van der Waals surface area contributed by atoms with Crippen molar-refractivity contribution in [3.8, 4) is 0 Å². The molecule has 0 aromatic heterocycles. The Morgan fingerprint density at radius 1 is 1.07 bits per heavy atom. The Hall–Kier alpha value is -2.34. The van der Waals surface area contributed by atoms with Crippen molar-refractivity contribution in [2.45, 2.75) is 26.3 Å². The van der Waals surface area contributed by atoms with Crippen molar-refractivity contribution in [2.75, 3.05) is 23.9 Å². The summed E-state index contributed by atoms with van der Waals surface area (Å²) in [4.78, 5) is 4.69. The van der Waals surface area contributed by atoms with E-state index in [1.807, 2.05) is 30.3 Å². The van der Waals surface area contributed by atoms with Crippen LogP contribution in [0.5, 0.6) is 0 Å². The summed E-state index contributed by atoms with van der Waals surface area (Å²) in [5, 5.41) is 6.66. The average molecular weight is 386 g/mol. The first kappa shape index (κ1) is 19.4. The molecule has 0 radical (unpaired) electrons. The Kier molecular flexibility index (Phi) is 5.85. The molecule has 6 heteroatoms. The van der Waals surface area contributed by atoms with Crippen LogP contribution in [0.15, 0.2) is 59.6 Å². The van der Waals surface area contributed by atoms with Crippen LogP contribution < -0.4 is 10.6 Å². The van der Waals surface area contributed by atoms with Gasteiger partial charge >= 0.3 is 0 Å². The first-order valence-corrected chi connectivity index (χ1v) is 11.2. The quantitative estimate of drug-likeness (QED) is 0.566. The Bertz CT molecular complexity index is 887. The second-order valence-electron chi connectivity index (χ2n) is 7.57. The summed E-state index contributed by atoms with van der Waals surface area (Å²) < 4.78 is 23.4. The van der Waals surface area contributed by atoms with Gasteiger partial charge in [-0.05, 0) is 37.5 Å². The minimum atomic E-state index is -2.99. The van der Waals surface area contributed by atoms with Gasteiger partial charge in [-0.25, -0.2) is 13.4 Å². The maximum absolute atomic E-state index is 11.7. The van der Waals surface area contributed by atoms with Crippen LogP contribution in [-0.4, -0.2) is 32.9 Å². The van der Waals surface area contributed by atoms with E-state index in [1.54, 1.807) is 0 Å². The van der Waals surface area contributed by atoms with Crippen LogP contribution in [0.4, 0.5) is 5.69 Å². The van der Waals surface area contributed by atoms with Gasteiger partial charge in [0.15, 0.2) is 5.96 Å². The highest BCUT2D eigenvalue weighted by atomic mass is 32.2. The van der Waals surface area contributed by atoms with Crippen molar-refractivity contribution < 1.29 is 8.42 Å². The lowest BCUT2D eigenvalue weighted by Gasteiger charge is -2.18. The first-order valence-electron chi connectivity index (χ1n) is 9.17. The molecule has 0 aliphatic heterocycles. The Morgan fingerprint density at radius 3 is 2.33 bits per heavy atom. The van der Waals surface area contributed by atoms with E-state index in [0.29, 0.717) is 19.0 Å². The lowest BCUT2D eigenvalue weighted by atomic mass is 10.1. The highest BCUT2D eigenvalue weighted by Gasteiger charge is 2.45. The Balaban J connectivity index is 1.69. The molecular formula is C21H27N3O2S. The number of sulfone groups is 1. The molecule has 1 aliphatic carbocycles. The Morgan fingerprint density at radius 2 is 1.74 bits per heavy atom. The molecule has 2 N–H and O–H groups in total. The van der Waals surface area contributed by atoms with E-state index in [0.717, 1.165) is 24.1 Å². The van der Waals surface area contributed by atoms with Crippen molar-refractivity contribution in [1.29, 1.82) is 0 Å². The fraction of sp³-hybridized carbons (Fsp3) is 0.381. The van der Waals surface area contributed by atoms with Gasteiger partial charge in [0.25, 0.3) is 0 Å². The van der Waals surface area contributed by atoms with Gasteiger partial charge in [-0.2, -0.15) is 0 Å². The molecule has 0 heterocycles. The molecule has 3 rings (SSSR count). The van der Waals surface area contributed by atoms with E-state index >= 15 is 0 Å². The second-order valence-corrected chi connectivity index (χ2v) is 9.71. The lowest BCUT2D eigenvalue weighted by molar-refractivity contribution is 0.532. The molecule has 144 valence electrons. The molecule has 0 atom stereocenters. The fourth-order valence-electron chi connectivity index (χ4n) is 3.04. The third-order valence-corrected chi connectivity index (χ3v) is 5.87. The molecule has 27 heavy (non-hydrogen) atoms. The Labute approximate surface area is 161 Å². The number of hydrogen-bond acceptors (Lipinski definition) is 3. The summed E-state index contributed by atoms with van der Waals surface area (Å²) in [6.07, 6.45) is 3.18. The van der Waals surface area contributed by atoms with E-state index in [4.69, 9.17) is 4.99 Å². The predicted molar refractivity (Wildman–Crippen MR) is 112 cm³/mol. The molecular weight excluding hydrogens is 358 g/mol. The van der Waals surface area contributed by atoms with E-state index < -0.39 is 9.84 Å². The number of aliphatic imine (C=N–C) groups is 1. The number of anilines is 1. The summed E-state index contributed by atoms with van der Waals surface area (Å²) in [5.74, 6) is 0.894. The third kappa shape index (κ3) is 6.40. The number of benzene rings is 2. The molecule has 0 amide bonds. The van der Waals surface area contributed by atoms with Crippen molar-refractivity contribution in [3.05, 3.63) is 65.7 Å². The van der Waals surface area contributed by atoms with Crippen LogP contribution in [0.1, 0.15) is 24.0 Å². The van der Waals surface area contributed by atoms with E-state index in [9.17, 15) is 8.42 Å². The third-order valence-electron chi connectivity index (χ3n) is 4.73. The molecule has 5 nitrogen and oxygen atoms in total. The van der Waals surface area contributed by atoms with Gasteiger partial charge in [0.2, 0.25) is 0 Å². The predicted octanol–water partition coefficient (Wildman–Crippen LogP) is 3.38. The van der Waals surface area contributed by atoms with E-state index in [-0.39, 0.29) is 11.2 Å². The van der Waals surface area contributed by atoms with Crippen LogP contribution in [0.25, 0.3) is 0 Å².